The fraction of sp³-hybridized carbons (Fsp3) is 0. The van der Waals surface area contributed by atoms with E-state index in [0.29, 0.717) is 0 Å². The summed E-state index contributed by atoms with van der Waals surface area (Å²) >= 11 is 0. The number of aromatic nitrogens is 3. The van der Waals surface area contributed by atoms with Gasteiger partial charge >= 0.3 is 5.96 Å². The molecular weight excluding hydrogens is 488 g/mol. The molecule has 3 aromatic heterocycles. The van der Waals surface area contributed by atoms with Gasteiger partial charge in [-0.25, -0.2) is 4.57 Å². The molecule has 0 radical (unpaired) electrons. The lowest BCUT2D eigenvalue weighted by Crippen LogP contribution is -2.50. The molecule has 0 saturated heterocycles. The number of hydrogen-bond donors (Lipinski definition) is 0. The minimum Gasteiger partial charge on any atom is -0.309 e. The zero-order valence-corrected chi connectivity index (χ0v) is 21.6. The second-order valence-electron chi connectivity index (χ2n) is 10.3. The highest BCUT2D eigenvalue weighted by Crippen LogP contribution is 2.35. The van der Waals surface area contributed by atoms with Crippen LogP contribution in [0.3, 0.4) is 0 Å². The first-order chi connectivity index (χ1) is 19.9. The predicted octanol–water partition coefficient (Wildman–Crippen LogP) is 7.32. The number of benzene rings is 5. The van der Waals surface area contributed by atoms with E-state index in [9.17, 15) is 0 Å². The highest BCUT2D eigenvalue weighted by Gasteiger charge is 2.26. The lowest BCUT2D eigenvalue weighted by molar-refractivity contribution is -0.567. The molecule has 8 aromatic rings. The van der Waals surface area contributed by atoms with E-state index in [1.165, 1.54) is 43.6 Å². The quantitative estimate of drug-likeness (QED) is 0.222. The summed E-state index contributed by atoms with van der Waals surface area (Å²) in [6.45, 7) is 0. The minimum absolute atomic E-state index is 0.925. The number of fused-ring (bicyclic) bond motifs is 7. The third kappa shape index (κ3) is 2.85. The average molecular weight is 512 g/mol. The lowest BCUT2D eigenvalue weighted by Gasteiger charge is -2.11. The molecule has 0 aliphatic carbocycles. The molecule has 4 heteroatoms. The molecule has 0 saturated carbocycles. The van der Waals surface area contributed by atoms with Gasteiger partial charge in [-0.2, -0.15) is 4.24 Å². The largest absolute Gasteiger partial charge is 0.367 e. The van der Waals surface area contributed by atoms with Crippen LogP contribution in [0.25, 0.3) is 60.4 Å². The zero-order valence-electron chi connectivity index (χ0n) is 21.6. The first-order valence-corrected chi connectivity index (χ1v) is 13.6. The molecule has 0 N–H and O–H groups in total. The second-order valence-corrected chi connectivity index (χ2v) is 10.3. The third-order valence-corrected chi connectivity index (χ3v) is 8.17. The molecular formula is C36H23N4+. The van der Waals surface area contributed by atoms with E-state index >= 15 is 0 Å². The molecule has 40 heavy (non-hydrogen) atoms. The van der Waals surface area contributed by atoms with Crippen LogP contribution >= 0.6 is 0 Å². The molecule has 186 valence electrons. The third-order valence-electron chi connectivity index (χ3n) is 8.17. The molecule has 1 aliphatic rings. The van der Waals surface area contributed by atoms with Crippen LogP contribution in [-0.4, -0.2) is 9.13 Å². The fourth-order valence-corrected chi connectivity index (χ4v) is 6.39. The number of pyridine rings is 1. The molecule has 0 fully saturated rings. The highest BCUT2D eigenvalue weighted by atomic mass is 15.3. The SMILES string of the molecule is c1ccc(-n2c3ccccc3c3ccc(-c4ccc[n+]5c4=NC=5n4c5ccccc5c5ccccc54)cc32)cc1. The van der Waals surface area contributed by atoms with Crippen LogP contribution in [-0.2, 0) is 0 Å². The van der Waals surface area contributed by atoms with Crippen molar-refractivity contribution in [3.8, 4) is 16.8 Å². The van der Waals surface area contributed by atoms with Crippen LogP contribution < -0.4 is 9.73 Å². The number of hydrogen-bond acceptors (Lipinski definition) is 1. The normalized spacial score (nSPS) is 12.7. The summed E-state index contributed by atoms with van der Waals surface area (Å²) < 4.78 is 6.85. The Kier molecular flexibility index (Phi) is 4.30. The molecule has 4 heterocycles. The molecule has 0 spiro atoms. The van der Waals surface area contributed by atoms with Gasteiger partial charge in [0.25, 0.3) is 5.49 Å². The second kappa shape index (κ2) is 8.01. The van der Waals surface area contributed by atoms with Gasteiger partial charge in [-0.3, -0.25) is 0 Å². The topological polar surface area (TPSA) is 28.1 Å². The summed E-state index contributed by atoms with van der Waals surface area (Å²) in [5.41, 5.74) is 9.15. The van der Waals surface area contributed by atoms with Gasteiger partial charge in [0.15, 0.2) is 0 Å². The highest BCUT2D eigenvalue weighted by molar-refractivity contribution is 6.10. The van der Waals surface area contributed by atoms with Gasteiger partial charge in [0.2, 0.25) is 0 Å². The monoisotopic (exact) mass is 511 g/mol. The minimum atomic E-state index is 0.925. The number of nitrogens with zero attached hydrogens (tertiary/aromatic N) is 4. The van der Waals surface area contributed by atoms with E-state index in [4.69, 9.17) is 4.99 Å². The first-order valence-electron chi connectivity index (χ1n) is 13.6. The summed E-state index contributed by atoms with van der Waals surface area (Å²) in [7, 11) is 0. The Morgan fingerprint density at radius 1 is 0.475 bits per heavy atom. The smallest absolute Gasteiger partial charge is 0.309 e. The van der Waals surface area contributed by atoms with Gasteiger partial charge < -0.3 is 4.57 Å². The summed E-state index contributed by atoms with van der Waals surface area (Å²) in [6, 6.07) is 47.5. The number of para-hydroxylation sites is 4. The Balaban J connectivity index is 1.29. The Hall–Kier alpha value is -5.48. The van der Waals surface area contributed by atoms with Crippen LogP contribution in [0.2, 0.25) is 0 Å². The molecule has 0 atom stereocenters. The fourth-order valence-electron chi connectivity index (χ4n) is 6.39. The summed E-state index contributed by atoms with van der Waals surface area (Å²) in [4.78, 5) is 5.14. The van der Waals surface area contributed by atoms with Crippen molar-refractivity contribution in [1.82, 2.24) is 9.13 Å². The van der Waals surface area contributed by atoms with Gasteiger partial charge in [-0.1, -0.05) is 89.9 Å². The van der Waals surface area contributed by atoms with Gasteiger partial charge in [-0.05, 0) is 54.1 Å². The zero-order chi connectivity index (χ0) is 26.2. The van der Waals surface area contributed by atoms with Gasteiger partial charge in [0, 0.05) is 27.2 Å². The maximum Gasteiger partial charge on any atom is 0.367 e. The molecule has 0 unspecified atom stereocenters. The van der Waals surface area contributed by atoms with Crippen molar-refractivity contribution >= 4 is 43.6 Å². The maximum absolute atomic E-state index is 5.14. The maximum atomic E-state index is 5.14. The Morgan fingerprint density at radius 3 is 1.73 bits per heavy atom. The summed E-state index contributed by atoms with van der Waals surface area (Å²) in [5.74, 6) is 0.925. The number of rotatable bonds is 3. The summed E-state index contributed by atoms with van der Waals surface area (Å²) in [6.07, 6.45) is 2.12. The van der Waals surface area contributed by atoms with E-state index in [1.807, 2.05) is 0 Å². The van der Waals surface area contributed by atoms with Crippen molar-refractivity contribution in [1.29, 1.82) is 0 Å². The van der Waals surface area contributed by atoms with Crippen molar-refractivity contribution in [2.75, 3.05) is 0 Å². The first kappa shape index (κ1) is 21.5. The van der Waals surface area contributed by atoms with Gasteiger partial charge in [0.1, 0.15) is 11.0 Å². The van der Waals surface area contributed by atoms with E-state index in [-0.39, 0.29) is 0 Å². The standard InChI is InChI=1S/C36H23N4/c1-2-11-25(12-3-1)39-31-17-7-4-15-29(31)30-21-20-24(23-34(30)39)26-16-10-22-38-35(26)37-36(38)40-32-18-8-5-13-27(32)28-14-6-9-19-33(28)40/h1-23H/q+1. The predicted molar refractivity (Wildman–Crippen MR) is 161 cm³/mol. The van der Waals surface area contributed by atoms with Crippen molar-refractivity contribution in [2.45, 2.75) is 0 Å². The molecule has 1 aliphatic heterocycles. The van der Waals surface area contributed by atoms with E-state index in [0.717, 1.165) is 28.3 Å². The molecule has 0 bridgehead atoms. The molecule has 9 rings (SSSR count). The average Bonchev–Trinajstić information content (AvgIpc) is 3.51. The van der Waals surface area contributed by atoms with Crippen molar-refractivity contribution in [3.63, 3.8) is 0 Å². The molecule has 4 nitrogen and oxygen atoms in total. The Labute approximate surface area is 229 Å². The van der Waals surface area contributed by atoms with Crippen LogP contribution in [0.4, 0.5) is 0 Å². The van der Waals surface area contributed by atoms with Crippen LogP contribution in [0, 0.1) is 5.96 Å². The van der Waals surface area contributed by atoms with E-state index in [1.54, 1.807) is 0 Å². The lowest BCUT2D eigenvalue weighted by atomic mass is 10.0. The van der Waals surface area contributed by atoms with Crippen LogP contribution in [0.15, 0.2) is 145 Å². The van der Waals surface area contributed by atoms with Crippen molar-refractivity contribution in [3.05, 3.63) is 151 Å². The van der Waals surface area contributed by atoms with Crippen LogP contribution in [0.5, 0.6) is 0 Å². The Bertz CT molecular complexity index is 2370. The summed E-state index contributed by atoms with van der Waals surface area (Å²) in [5, 5.41) is 4.99. The van der Waals surface area contributed by atoms with Crippen molar-refractivity contribution in [2.24, 2.45) is 4.99 Å². The molecule has 5 aromatic carbocycles. The van der Waals surface area contributed by atoms with Crippen LogP contribution in [0.1, 0.15) is 0 Å². The van der Waals surface area contributed by atoms with E-state index in [2.05, 4.69) is 153 Å². The van der Waals surface area contributed by atoms with Gasteiger partial charge in [-0.15, -0.1) is 0 Å². The molecule has 0 amide bonds. The Morgan fingerprint density at radius 2 is 1.05 bits per heavy atom. The van der Waals surface area contributed by atoms with E-state index < -0.39 is 0 Å². The van der Waals surface area contributed by atoms with Gasteiger partial charge in [0.05, 0.1) is 22.8 Å². The van der Waals surface area contributed by atoms with Crippen molar-refractivity contribution < 1.29 is 4.24 Å².